The Morgan fingerprint density at radius 3 is 2.43 bits per heavy atom. The van der Waals surface area contributed by atoms with Gasteiger partial charge in [0.1, 0.15) is 16.6 Å². The maximum Gasteiger partial charge on any atom is 0.229 e. The van der Waals surface area contributed by atoms with Crippen LogP contribution in [0.1, 0.15) is 82.4 Å². The number of para-hydroxylation sites is 1. The molecule has 1 aromatic heterocycles. The first-order valence-electron chi connectivity index (χ1n) is 15.1. The van der Waals surface area contributed by atoms with Crippen molar-refractivity contribution in [3.8, 4) is 5.75 Å². The van der Waals surface area contributed by atoms with Crippen LogP contribution < -0.4 is 15.4 Å². The topological polar surface area (TPSA) is 79.4 Å². The highest BCUT2D eigenvalue weighted by Gasteiger charge is 2.26. The van der Waals surface area contributed by atoms with E-state index in [1.807, 2.05) is 38.1 Å². The van der Waals surface area contributed by atoms with Gasteiger partial charge in [-0.05, 0) is 107 Å². The first-order valence-corrected chi connectivity index (χ1v) is 15.5. The molecule has 2 N–H and O–H groups in total. The van der Waals surface area contributed by atoms with Gasteiger partial charge in [-0.3, -0.25) is 4.79 Å². The Morgan fingerprint density at radius 2 is 1.76 bits per heavy atom. The van der Waals surface area contributed by atoms with Crippen molar-refractivity contribution in [2.45, 2.75) is 91.2 Å². The molecule has 0 amide bonds. The normalized spacial score (nSPS) is 17.1. The summed E-state index contributed by atoms with van der Waals surface area (Å²) in [6.45, 7) is 10.4. The maximum atomic E-state index is 12.6. The van der Waals surface area contributed by atoms with Crippen LogP contribution >= 0.6 is 11.6 Å². The second-order valence-corrected chi connectivity index (χ2v) is 12.9. The van der Waals surface area contributed by atoms with Gasteiger partial charge in [-0.2, -0.15) is 4.98 Å². The smallest absolute Gasteiger partial charge is 0.229 e. The highest BCUT2D eigenvalue weighted by Crippen LogP contribution is 2.40. The van der Waals surface area contributed by atoms with Gasteiger partial charge in [0.15, 0.2) is 5.82 Å². The highest BCUT2D eigenvalue weighted by atomic mass is 35.5. The number of nitrogens with zero attached hydrogens (tertiary/aromatic N) is 3. The summed E-state index contributed by atoms with van der Waals surface area (Å²) < 4.78 is 6.29. The minimum Gasteiger partial charge on any atom is -0.489 e. The Morgan fingerprint density at radius 1 is 1.05 bits per heavy atom. The second-order valence-electron chi connectivity index (χ2n) is 12.5. The van der Waals surface area contributed by atoms with Crippen molar-refractivity contribution in [2.24, 2.45) is 5.92 Å². The van der Waals surface area contributed by atoms with E-state index in [2.05, 4.69) is 67.5 Å². The summed E-state index contributed by atoms with van der Waals surface area (Å²) in [5.41, 5.74) is 5.12. The first-order chi connectivity index (χ1) is 20.0. The number of ether oxygens (including phenoxy) is 1. The molecule has 0 atom stereocenters. The third kappa shape index (κ3) is 8.45. The van der Waals surface area contributed by atoms with Gasteiger partial charge in [0.25, 0.3) is 0 Å². The molecule has 3 aromatic rings. The van der Waals surface area contributed by atoms with Crippen molar-refractivity contribution in [2.75, 3.05) is 24.7 Å². The molecular formula is C34H46ClN5O2. The van der Waals surface area contributed by atoms with Crippen LogP contribution in [-0.4, -0.2) is 46.9 Å². The van der Waals surface area contributed by atoms with Crippen LogP contribution in [0.25, 0.3) is 0 Å². The van der Waals surface area contributed by atoms with E-state index in [-0.39, 0.29) is 11.9 Å². The van der Waals surface area contributed by atoms with Crippen LogP contribution in [0.4, 0.5) is 23.1 Å². The van der Waals surface area contributed by atoms with Crippen LogP contribution in [0.3, 0.4) is 0 Å². The number of hydrogen-bond donors (Lipinski definition) is 2. The molecule has 1 fully saturated rings. The number of rotatable bonds is 12. The number of nitrogens with one attached hydrogen (secondary N) is 2. The Hall–Kier alpha value is -3.16. The maximum absolute atomic E-state index is 12.6. The summed E-state index contributed by atoms with van der Waals surface area (Å²) in [7, 11) is 4.36. The van der Waals surface area contributed by atoms with Gasteiger partial charge in [0.2, 0.25) is 5.95 Å². The second kappa shape index (κ2) is 14.3. The Bertz CT molecular complexity index is 1370. The summed E-state index contributed by atoms with van der Waals surface area (Å²) >= 11 is 6.53. The van der Waals surface area contributed by atoms with Crippen molar-refractivity contribution in [1.82, 2.24) is 14.9 Å². The van der Waals surface area contributed by atoms with Crippen LogP contribution in [0.15, 0.2) is 42.6 Å². The molecule has 0 saturated heterocycles. The van der Waals surface area contributed by atoms with Crippen LogP contribution in [0.5, 0.6) is 5.75 Å². The lowest BCUT2D eigenvalue weighted by molar-refractivity contribution is -0.119. The molecule has 2 aromatic carbocycles. The molecule has 42 heavy (non-hydrogen) atoms. The summed E-state index contributed by atoms with van der Waals surface area (Å²) in [5.74, 6) is 2.72. The highest BCUT2D eigenvalue weighted by molar-refractivity contribution is 6.32. The van der Waals surface area contributed by atoms with E-state index in [4.69, 9.17) is 21.3 Å². The van der Waals surface area contributed by atoms with Crippen molar-refractivity contribution in [3.05, 3.63) is 64.3 Å². The number of hydrogen-bond acceptors (Lipinski definition) is 7. The fourth-order valence-electron chi connectivity index (χ4n) is 5.80. The fourth-order valence-corrected chi connectivity index (χ4v) is 5.93. The van der Waals surface area contributed by atoms with E-state index >= 15 is 0 Å². The Balaban J connectivity index is 1.57. The Labute approximate surface area is 256 Å². The molecule has 0 bridgehead atoms. The molecule has 226 valence electrons. The zero-order chi connectivity index (χ0) is 30.4. The number of carbonyl (C=O) groups is 1. The molecule has 8 heteroatoms. The van der Waals surface area contributed by atoms with Gasteiger partial charge < -0.3 is 20.3 Å². The fraction of sp³-hybridized carbons (Fsp3) is 0.500. The van der Waals surface area contributed by atoms with Gasteiger partial charge >= 0.3 is 0 Å². The predicted molar refractivity (Wildman–Crippen MR) is 174 cm³/mol. The SMILES string of the molecule is Cc1cc(Nc2ncc(Cl)c(Nc3ccccc3CC(=O)CC(C)C)n2)c(OC(C)C)cc1C1CCC(N(C)C)CC1. The van der Waals surface area contributed by atoms with Crippen LogP contribution in [0, 0.1) is 12.8 Å². The third-order valence-electron chi connectivity index (χ3n) is 7.88. The van der Waals surface area contributed by atoms with Gasteiger partial charge in [-0.25, -0.2) is 4.98 Å². The molecule has 1 aliphatic rings. The minimum absolute atomic E-state index is 0.0175. The van der Waals surface area contributed by atoms with Crippen molar-refractivity contribution in [3.63, 3.8) is 0 Å². The molecule has 1 heterocycles. The summed E-state index contributed by atoms with van der Waals surface area (Å²) in [4.78, 5) is 24.1. The predicted octanol–water partition coefficient (Wildman–Crippen LogP) is 8.46. The van der Waals surface area contributed by atoms with Gasteiger partial charge in [-0.15, -0.1) is 0 Å². The van der Waals surface area contributed by atoms with Crippen molar-refractivity contribution in [1.29, 1.82) is 0 Å². The van der Waals surface area contributed by atoms with Crippen LogP contribution in [0.2, 0.25) is 5.02 Å². The van der Waals surface area contributed by atoms with E-state index < -0.39 is 0 Å². The summed E-state index contributed by atoms with van der Waals surface area (Å²) in [6, 6.07) is 12.8. The average Bonchev–Trinajstić information content (AvgIpc) is 2.92. The van der Waals surface area contributed by atoms with Gasteiger partial charge in [0.05, 0.1) is 18.0 Å². The number of Topliss-reactive ketones (excluding diaryl/α,β-unsaturated/α-hetero) is 1. The molecule has 0 spiro atoms. The van der Waals surface area contributed by atoms with E-state index in [0.717, 1.165) is 22.7 Å². The lowest BCUT2D eigenvalue weighted by Gasteiger charge is -2.33. The zero-order valence-electron chi connectivity index (χ0n) is 26.1. The summed E-state index contributed by atoms with van der Waals surface area (Å²) in [6.07, 6.45) is 7.28. The minimum atomic E-state index is 0.0175. The third-order valence-corrected chi connectivity index (χ3v) is 8.16. The van der Waals surface area contributed by atoms with E-state index in [1.165, 1.54) is 36.8 Å². The molecular weight excluding hydrogens is 546 g/mol. The van der Waals surface area contributed by atoms with Crippen molar-refractivity contribution >= 4 is 40.5 Å². The molecule has 0 aliphatic heterocycles. The van der Waals surface area contributed by atoms with Crippen LogP contribution in [-0.2, 0) is 11.2 Å². The number of aryl methyl sites for hydroxylation is 1. The van der Waals surface area contributed by atoms with E-state index in [9.17, 15) is 4.79 Å². The van der Waals surface area contributed by atoms with Gasteiger partial charge in [-0.1, -0.05) is 43.6 Å². The monoisotopic (exact) mass is 591 g/mol. The lowest BCUT2D eigenvalue weighted by atomic mass is 9.80. The van der Waals surface area contributed by atoms with E-state index in [1.54, 1.807) is 6.20 Å². The first kappa shape index (κ1) is 31.8. The number of halogens is 1. The van der Waals surface area contributed by atoms with E-state index in [0.29, 0.717) is 47.5 Å². The number of carbonyl (C=O) groups excluding carboxylic acids is 1. The number of anilines is 4. The number of aromatic nitrogens is 2. The molecule has 4 rings (SSSR count). The Kier molecular flexibility index (Phi) is 10.8. The average molecular weight is 592 g/mol. The molecule has 1 saturated carbocycles. The lowest BCUT2D eigenvalue weighted by Crippen LogP contribution is -2.31. The molecule has 0 unspecified atom stereocenters. The standard InChI is InChI=1S/C34H46ClN5O2/c1-21(2)16-27(41)18-25-10-8-9-11-30(25)37-33-29(35)20-36-34(39-33)38-31-17-23(5)28(19-32(31)42-22(3)4)24-12-14-26(15-13-24)40(6)7/h8-11,17,19-22,24,26H,12-16,18H2,1-7H3,(H2,36,37,38,39). The molecule has 1 aliphatic carbocycles. The van der Waals surface area contributed by atoms with Crippen molar-refractivity contribution < 1.29 is 9.53 Å². The molecule has 7 nitrogen and oxygen atoms in total. The van der Waals surface area contributed by atoms with Gasteiger partial charge in [0, 0.05) is 24.6 Å². The zero-order valence-corrected chi connectivity index (χ0v) is 26.9. The quantitative estimate of drug-likeness (QED) is 0.219. The largest absolute Gasteiger partial charge is 0.489 e. The number of benzene rings is 2. The summed E-state index contributed by atoms with van der Waals surface area (Å²) in [5, 5.41) is 7.11. The molecule has 0 radical (unpaired) electrons. The number of ketones is 1.